The van der Waals surface area contributed by atoms with E-state index in [-0.39, 0.29) is 47.4 Å². The molecule has 4 nitrogen and oxygen atoms in total. The fourth-order valence-corrected chi connectivity index (χ4v) is 6.25. The van der Waals surface area contributed by atoms with Crippen LogP contribution in [-0.2, 0) is 14.3 Å². The monoisotopic (exact) mass is 364 g/mol. The molecule has 0 aliphatic heterocycles. The van der Waals surface area contributed by atoms with Crippen LogP contribution in [0.5, 0.6) is 0 Å². The highest BCUT2D eigenvalue weighted by Crippen LogP contribution is 2.66. The SMILES string of the molecule is CCCCOC(=O)c1ccccc1C1CC2C(=O)C1C1C3C=CC(C3=O)C21. The molecule has 7 atom stereocenters. The molecule has 0 heterocycles. The minimum atomic E-state index is -0.297. The van der Waals surface area contributed by atoms with Crippen LogP contribution in [0.3, 0.4) is 0 Å². The Morgan fingerprint density at radius 1 is 1.04 bits per heavy atom. The molecule has 1 aromatic rings. The van der Waals surface area contributed by atoms with Crippen LogP contribution in [-0.4, -0.2) is 24.1 Å². The van der Waals surface area contributed by atoms with Crippen LogP contribution >= 0.6 is 0 Å². The molecule has 4 heteroatoms. The normalized spacial score (nSPS) is 37.9. The van der Waals surface area contributed by atoms with Crippen LogP contribution in [0.2, 0.25) is 0 Å². The van der Waals surface area contributed by atoms with Crippen LogP contribution in [0.15, 0.2) is 36.4 Å². The van der Waals surface area contributed by atoms with E-state index in [0.29, 0.717) is 23.7 Å². The first-order valence-electron chi connectivity index (χ1n) is 10.1. The largest absolute Gasteiger partial charge is 0.462 e. The van der Waals surface area contributed by atoms with Gasteiger partial charge in [0.15, 0.2) is 0 Å². The Balaban J connectivity index is 1.46. The van der Waals surface area contributed by atoms with Gasteiger partial charge in [0.1, 0.15) is 11.6 Å². The summed E-state index contributed by atoms with van der Waals surface area (Å²) in [4.78, 5) is 38.2. The number of hydrogen-bond acceptors (Lipinski definition) is 4. The van der Waals surface area contributed by atoms with Crippen LogP contribution < -0.4 is 0 Å². The van der Waals surface area contributed by atoms with Crippen molar-refractivity contribution in [2.24, 2.45) is 35.5 Å². The molecular formula is C23H24O4. The highest BCUT2D eigenvalue weighted by molar-refractivity contribution is 6.00. The number of Topliss-reactive ketones (excluding diaryl/α,β-unsaturated/α-hetero) is 2. The summed E-state index contributed by atoms with van der Waals surface area (Å²) < 4.78 is 5.44. The molecule has 7 unspecified atom stereocenters. The van der Waals surface area contributed by atoms with Crippen molar-refractivity contribution in [2.45, 2.75) is 32.1 Å². The molecule has 4 bridgehead atoms. The molecular weight excluding hydrogens is 340 g/mol. The zero-order valence-corrected chi connectivity index (χ0v) is 15.5. The number of ether oxygens (including phenoxy) is 1. The van der Waals surface area contributed by atoms with Gasteiger partial charge in [0.05, 0.1) is 12.2 Å². The summed E-state index contributed by atoms with van der Waals surface area (Å²) in [7, 11) is 0. The van der Waals surface area contributed by atoms with Gasteiger partial charge in [-0.05, 0) is 42.2 Å². The molecule has 0 aromatic heterocycles. The molecule has 1 aromatic carbocycles. The fraction of sp³-hybridized carbons (Fsp3) is 0.522. The summed E-state index contributed by atoms with van der Waals surface area (Å²) >= 11 is 0. The first kappa shape index (κ1) is 16.9. The second-order valence-electron chi connectivity index (χ2n) is 8.45. The van der Waals surface area contributed by atoms with E-state index in [9.17, 15) is 14.4 Å². The van der Waals surface area contributed by atoms with Crippen molar-refractivity contribution >= 4 is 17.5 Å². The van der Waals surface area contributed by atoms with E-state index < -0.39 is 0 Å². The molecule has 0 amide bonds. The van der Waals surface area contributed by atoms with Crippen molar-refractivity contribution in [2.75, 3.05) is 6.61 Å². The van der Waals surface area contributed by atoms with Gasteiger partial charge in [-0.25, -0.2) is 4.79 Å². The van der Waals surface area contributed by atoms with Gasteiger partial charge in [-0.2, -0.15) is 0 Å². The predicted molar refractivity (Wildman–Crippen MR) is 99.1 cm³/mol. The molecule has 0 radical (unpaired) electrons. The highest BCUT2D eigenvalue weighted by atomic mass is 16.5. The Bertz CT molecular complexity index is 854. The van der Waals surface area contributed by atoms with Gasteiger partial charge in [0, 0.05) is 23.7 Å². The Hall–Kier alpha value is -2.23. The summed E-state index contributed by atoms with van der Waals surface area (Å²) in [5.74, 6) is 0.383. The van der Waals surface area contributed by atoms with Gasteiger partial charge in [-0.15, -0.1) is 0 Å². The Morgan fingerprint density at radius 2 is 1.78 bits per heavy atom. The highest BCUT2D eigenvalue weighted by Gasteiger charge is 2.68. The minimum Gasteiger partial charge on any atom is -0.462 e. The zero-order valence-electron chi connectivity index (χ0n) is 15.5. The maximum Gasteiger partial charge on any atom is 0.338 e. The lowest BCUT2D eigenvalue weighted by Crippen LogP contribution is -2.31. The van der Waals surface area contributed by atoms with E-state index >= 15 is 0 Å². The van der Waals surface area contributed by atoms with Crippen LogP contribution in [0.25, 0.3) is 0 Å². The van der Waals surface area contributed by atoms with Gasteiger partial charge in [-0.3, -0.25) is 9.59 Å². The lowest BCUT2D eigenvalue weighted by molar-refractivity contribution is -0.125. The fourth-order valence-electron chi connectivity index (χ4n) is 6.25. The summed E-state index contributed by atoms with van der Waals surface area (Å²) in [5, 5.41) is 0. The third-order valence-corrected chi connectivity index (χ3v) is 7.28. The topological polar surface area (TPSA) is 60.4 Å². The number of unbranched alkanes of at least 4 members (excludes halogenated alkanes) is 1. The maximum atomic E-state index is 13.0. The zero-order chi connectivity index (χ0) is 18.7. The number of esters is 1. The van der Waals surface area contributed by atoms with Gasteiger partial charge in [-0.1, -0.05) is 43.7 Å². The standard InChI is InChI=1S/C23H24O4/c1-2-3-10-27-23(26)13-7-5-4-6-12(13)16-11-17-18-14-8-9-15(21(14)24)19(18)20(16)22(17)25/h4-9,14-20H,2-3,10-11H2,1H3. The Labute approximate surface area is 159 Å². The smallest absolute Gasteiger partial charge is 0.338 e. The molecule has 140 valence electrons. The first-order chi connectivity index (χ1) is 13.1. The second-order valence-corrected chi connectivity index (χ2v) is 8.45. The third-order valence-electron chi connectivity index (χ3n) is 7.28. The number of carbonyl (C=O) groups is 3. The lowest BCUT2D eigenvalue weighted by atomic mass is 9.67. The van der Waals surface area contributed by atoms with Crippen molar-refractivity contribution in [3.05, 3.63) is 47.5 Å². The van der Waals surface area contributed by atoms with Gasteiger partial charge >= 0.3 is 5.97 Å². The quantitative estimate of drug-likeness (QED) is 0.347. The Morgan fingerprint density at radius 3 is 2.56 bits per heavy atom. The number of allylic oxidation sites excluding steroid dienone is 2. The summed E-state index contributed by atoms with van der Waals surface area (Å²) in [6, 6.07) is 7.55. The maximum absolute atomic E-state index is 13.0. The number of ketones is 2. The average Bonchev–Trinajstić information content (AvgIpc) is 3.38. The van der Waals surface area contributed by atoms with E-state index in [1.807, 2.05) is 36.4 Å². The van der Waals surface area contributed by atoms with Gasteiger partial charge in [0.2, 0.25) is 0 Å². The molecule has 5 rings (SSSR count). The average molecular weight is 364 g/mol. The summed E-state index contributed by atoms with van der Waals surface area (Å²) in [6.07, 6.45) is 6.62. The van der Waals surface area contributed by atoms with Crippen molar-refractivity contribution in [1.29, 1.82) is 0 Å². The lowest BCUT2D eigenvalue weighted by Gasteiger charge is -2.35. The molecule has 0 spiro atoms. The summed E-state index contributed by atoms with van der Waals surface area (Å²) in [6.45, 7) is 2.48. The molecule has 3 fully saturated rings. The van der Waals surface area contributed by atoms with E-state index in [2.05, 4.69) is 6.92 Å². The minimum absolute atomic E-state index is 0.0271. The first-order valence-corrected chi connectivity index (χ1v) is 10.1. The third kappa shape index (κ3) is 2.25. The molecule has 4 aliphatic rings. The second kappa shape index (κ2) is 6.15. The number of hydrogen-bond donors (Lipinski definition) is 0. The van der Waals surface area contributed by atoms with E-state index in [1.165, 1.54) is 0 Å². The number of benzene rings is 1. The van der Waals surface area contributed by atoms with Crippen molar-refractivity contribution < 1.29 is 19.1 Å². The van der Waals surface area contributed by atoms with Crippen LogP contribution in [0.1, 0.15) is 48.0 Å². The molecule has 27 heavy (non-hydrogen) atoms. The van der Waals surface area contributed by atoms with E-state index in [1.54, 1.807) is 0 Å². The van der Waals surface area contributed by atoms with E-state index in [0.717, 1.165) is 24.8 Å². The van der Waals surface area contributed by atoms with Gasteiger partial charge in [0.25, 0.3) is 0 Å². The molecule has 0 N–H and O–H groups in total. The Kier molecular flexibility index (Phi) is 3.85. The number of rotatable bonds is 5. The molecule has 4 aliphatic carbocycles. The van der Waals surface area contributed by atoms with Gasteiger partial charge < -0.3 is 4.74 Å². The van der Waals surface area contributed by atoms with Crippen molar-refractivity contribution in [3.63, 3.8) is 0 Å². The van der Waals surface area contributed by atoms with Crippen LogP contribution in [0, 0.1) is 35.5 Å². The number of fused-ring (bicyclic) bond motifs is 9. The van der Waals surface area contributed by atoms with Crippen LogP contribution in [0.4, 0.5) is 0 Å². The molecule has 0 saturated heterocycles. The van der Waals surface area contributed by atoms with Crippen molar-refractivity contribution in [3.8, 4) is 0 Å². The predicted octanol–water partition coefficient (Wildman–Crippen LogP) is 3.56. The van der Waals surface area contributed by atoms with Crippen molar-refractivity contribution in [1.82, 2.24) is 0 Å². The number of carbonyl (C=O) groups excluding carboxylic acids is 3. The van der Waals surface area contributed by atoms with E-state index in [4.69, 9.17) is 4.74 Å². The molecule has 3 saturated carbocycles. The summed E-state index contributed by atoms with van der Waals surface area (Å²) in [5.41, 5.74) is 1.51.